The summed E-state index contributed by atoms with van der Waals surface area (Å²) >= 11 is 0.932. The third kappa shape index (κ3) is 7.35. The standard InChI is InChI=1S/C40H34N2O7S/c1-4-21-47-39(46)37-26(3)41-40(50-37)42-34(29-13-17-31(18-14-29)48-23-27-10-6-5-7-11-27)33(36(44)38(42)45)35(43)30-15-19-32(20-16-30)49-24-28-12-8-9-25(2)22-28/h4-20,22,34,43H,1,21,23-24H2,2-3H3/b35-33+. The van der Waals surface area contributed by atoms with E-state index in [1.54, 1.807) is 55.5 Å². The van der Waals surface area contributed by atoms with E-state index in [-0.39, 0.29) is 27.9 Å². The Morgan fingerprint density at radius 3 is 2.18 bits per heavy atom. The zero-order chi connectivity index (χ0) is 35.2. The number of ketones is 1. The van der Waals surface area contributed by atoms with Gasteiger partial charge in [0.15, 0.2) is 5.13 Å². The molecule has 252 valence electrons. The second kappa shape index (κ2) is 15.0. The lowest BCUT2D eigenvalue weighted by Gasteiger charge is -2.23. The number of aliphatic hydroxyl groups excluding tert-OH is 1. The minimum absolute atomic E-state index is 0.00443. The van der Waals surface area contributed by atoms with E-state index in [0.29, 0.717) is 41.5 Å². The molecular weight excluding hydrogens is 653 g/mol. The van der Waals surface area contributed by atoms with E-state index in [1.807, 2.05) is 61.5 Å². The Balaban J connectivity index is 1.34. The van der Waals surface area contributed by atoms with E-state index < -0.39 is 23.7 Å². The molecule has 0 aliphatic carbocycles. The monoisotopic (exact) mass is 686 g/mol. The van der Waals surface area contributed by atoms with Crippen LogP contribution < -0.4 is 14.4 Å². The van der Waals surface area contributed by atoms with Gasteiger partial charge in [0.2, 0.25) is 0 Å². The molecule has 0 spiro atoms. The summed E-state index contributed by atoms with van der Waals surface area (Å²) in [7, 11) is 0. The van der Waals surface area contributed by atoms with Crippen LogP contribution in [0.3, 0.4) is 0 Å². The number of esters is 1. The minimum Gasteiger partial charge on any atom is -0.507 e. The molecule has 1 aliphatic rings. The smallest absolute Gasteiger partial charge is 0.350 e. The van der Waals surface area contributed by atoms with Crippen LogP contribution in [-0.4, -0.2) is 34.4 Å². The molecule has 0 radical (unpaired) electrons. The summed E-state index contributed by atoms with van der Waals surface area (Å²) in [6.07, 6.45) is 1.45. The topological polar surface area (TPSA) is 115 Å². The van der Waals surface area contributed by atoms with Crippen LogP contribution in [0, 0.1) is 13.8 Å². The summed E-state index contributed by atoms with van der Waals surface area (Å²) in [6, 6.07) is 30.3. The van der Waals surface area contributed by atoms with Crippen LogP contribution in [0.1, 0.15) is 49.2 Å². The number of hydrogen-bond donors (Lipinski definition) is 1. The molecule has 0 bridgehead atoms. The van der Waals surface area contributed by atoms with E-state index in [1.165, 1.54) is 11.0 Å². The fourth-order valence-electron chi connectivity index (χ4n) is 5.54. The Hall–Kier alpha value is -6.00. The van der Waals surface area contributed by atoms with Gasteiger partial charge in [-0.2, -0.15) is 0 Å². The van der Waals surface area contributed by atoms with Gasteiger partial charge in [0.1, 0.15) is 42.0 Å². The fraction of sp³-hybridized carbons (Fsp3) is 0.150. The van der Waals surface area contributed by atoms with Gasteiger partial charge in [-0.1, -0.05) is 96.3 Å². The molecule has 9 nitrogen and oxygen atoms in total. The van der Waals surface area contributed by atoms with Crippen molar-refractivity contribution in [1.29, 1.82) is 0 Å². The van der Waals surface area contributed by atoms with Gasteiger partial charge in [0, 0.05) is 5.56 Å². The van der Waals surface area contributed by atoms with Gasteiger partial charge < -0.3 is 19.3 Å². The quantitative estimate of drug-likeness (QED) is 0.0464. The van der Waals surface area contributed by atoms with E-state index in [4.69, 9.17) is 14.2 Å². The van der Waals surface area contributed by atoms with Crippen LogP contribution in [0.5, 0.6) is 11.5 Å². The first-order valence-corrected chi connectivity index (χ1v) is 16.7. The molecule has 1 unspecified atom stereocenters. The van der Waals surface area contributed by atoms with Gasteiger partial charge in [0.25, 0.3) is 5.78 Å². The third-order valence-electron chi connectivity index (χ3n) is 8.01. The minimum atomic E-state index is -1.06. The predicted molar refractivity (Wildman–Crippen MR) is 191 cm³/mol. The molecule has 1 fully saturated rings. The summed E-state index contributed by atoms with van der Waals surface area (Å²) in [5, 5.41) is 11.8. The number of amides is 1. The molecule has 1 atom stereocenters. The number of aromatic nitrogens is 1. The van der Waals surface area contributed by atoms with Crippen molar-refractivity contribution >= 4 is 39.9 Å². The molecule has 4 aromatic carbocycles. The maximum absolute atomic E-state index is 13.8. The van der Waals surface area contributed by atoms with Crippen LogP contribution >= 0.6 is 11.3 Å². The second-order valence-electron chi connectivity index (χ2n) is 11.6. The maximum Gasteiger partial charge on any atom is 0.350 e. The predicted octanol–water partition coefficient (Wildman–Crippen LogP) is 7.89. The number of Topliss-reactive ketones (excluding diaryl/α,β-unsaturated/α-hetero) is 1. The third-order valence-corrected chi connectivity index (χ3v) is 9.15. The maximum atomic E-state index is 13.8. The lowest BCUT2D eigenvalue weighted by molar-refractivity contribution is -0.132. The number of benzene rings is 4. The molecular formula is C40H34N2O7S. The van der Waals surface area contributed by atoms with Crippen molar-refractivity contribution < 1.29 is 33.7 Å². The van der Waals surface area contributed by atoms with Crippen molar-refractivity contribution in [3.8, 4) is 11.5 Å². The van der Waals surface area contributed by atoms with Crippen molar-refractivity contribution in [1.82, 2.24) is 4.98 Å². The van der Waals surface area contributed by atoms with Crippen LogP contribution in [-0.2, 0) is 27.5 Å². The second-order valence-corrected chi connectivity index (χ2v) is 12.6. The molecule has 2 heterocycles. The number of aliphatic hydroxyl groups is 1. The number of carbonyl (C=O) groups is 3. The number of ether oxygens (including phenoxy) is 3. The Labute approximate surface area is 293 Å². The van der Waals surface area contributed by atoms with Gasteiger partial charge in [-0.3, -0.25) is 14.5 Å². The zero-order valence-corrected chi connectivity index (χ0v) is 28.3. The molecule has 1 aliphatic heterocycles. The highest BCUT2D eigenvalue weighted by atomic mass is 32.1. The van der Waals surface area contributed by atoms with E-state index in [9.17, 15) is 19.5 Å². The molecule has 1 N–H and O–H groups in total. The van der Waals surface area contributed by atoms with Gasteiger partial charge >= 0.3 is 11.9 Å². The number of anilines is 1. The molecule has 5 aromatic rings. The SMILES string of the molecule is C=CCOC(=O)c1sc(N2C(=O)C(=O)/C(=C(/O)c3ccc(OCc4cccc(C)c4)cc3)C2c2ccc(OCc3ccccc3)cc2)nc1C. The van der Waals surface area contributed by atoms with Crippen molar-refractivity contribution in [2.75, 3.05) is 11.5 Å². The number of rotatable bonds is 12. The fourth-order valence-corrected chi connectivity index (χ4v) is 6.53. The van der Waals surface area contributed by atoms with Crippen LogP contribution in [0.2, 0.25) is 0 Å². The summed E-state index contributed by atoms with van der Waals surface area (Å²) in [5.74, 6) is -1.61. The Bertz CT molecular complexity index is 2070. The normalized spacial score (nSPS) is 15.2. The van der Waals surface area contributed by atoms with E-state index in [0.717, 1.165) is 28.0 Å². The first-order chi connectivity index (χ1) is 24.2. The molecule has 1 amide bonds. The average molecular weight is 687 g/mol. The largest absolute Gasteiger partial charge is 0.507 e. The van der Waals surface area contributed by atoms with Gasteiger partial charge in [-0.05, 0) is 66.9 Å². The molecule has 1 aromatic heterocycles. The first kappa shape index (κ1) is 33.9. The number of thiazole rings is 1. The van der Waals surface area contributed by atoms with Gasteiger partial charge in [-0.15, -0.1) is 0 Å². The van der Waals surface area contributed by atoms with Crippen LogP contribution in [0.25, 0.3) is 5.76 Å². The lowest BCUT2D eigenvalue weighted by atomic mass is 9.95. The number of aryl methyl sites for hydroxylation is 2. The van der Waals surface area contributed by atoms with Gasteiger partial charge in [-0.25, -0.2) is 9.78 Å². The van der Waals surface area contributed by atoms with Crippen molar-refractivity contribution in [3.05, 3.63) is 160 Å². The highest BCUT2D eigenvalue weighted by molar-refractivity contribution is 7.17. The molecule has 6 rings (SSSR count). The Morgan fingerprint density at radius 2 is 1.52 bits per heavy atom. The summed E-state index contributed by atoms with van der Waals surface area (Å²) < 4.78 is 17.1. The Morgan fingerprint density at radius 1 is 0.880 bits per heavy atom. The van der Waals surface area contributed by atoms with Crippen LogP contribution in [0.15, 0.2) is 121 Å². The number of nitrogens with zero attached hydrogens (tertiary/aromatic N) is 2. The molecule has 1 saturated heterocycles. The summed E-state index contributed by atoms with van der Waals surface area (Å²) in [4.78, 5) is 46.1. The molecule has 10 heteroatoms. The molecule has 50 heavy (non-hydrogen) atoms. The first-order valence-electron chi connectivity index (χ1n) is 15.9. The number of carbonyl (C=O) groups excluding carboxylic acids is 3. The lowest BCUT2D eigenvalue weighted by Crippen LogP contribution is -2.29. The molecule has 0 saturated carbocycles. The summed E-state index contributed by atoms with van der Waals surface area (Å²) in [6.45, 7) is 7.92. The Kier molecular flexibility index (Phi) is 10.2. The zero-order valence-electron chi connectivity index (χ0n) is 27.5. The van der Waals surface area contributed by atoms with E-state index >= 15 is 0 Å². The summed E-state index contributed by atoms with van der Waals surface area (Å²) in [5.41, 5.74) is 4.21. The van der Waals surface area contributed by atoms with E-state index in [2.05, 4.69) is 11.6 Å². The number of hydrogen-bond acceptors (Lipinski definition) is 9. The van der Waals surface area contributed by atoms with Crippen molar-refractivity contribution in [3.63, 3.8) is 0 Å². The highest BCUT2D eigenvalue weighted by Gasteiger charge is 2.48. The average Bonchev–Trinajstić information content (AvgIpc) is 3.65. The van der Waals surface area contributed by atoms with Crippen molar-refractivity contribution in [2.24, 2.45) is 0 Å². The highest BCUT2D eigenvalue weighted by Crippen LogP contribution is 2.44. The van der Waals surface area contributed by atoms with Crippen molar-refractivity contribution in [2.45, 2.75) is 33.1 Å². The van der Waals surface area contributed by atoms with Crippen LogP contribution in [0.4, 0.5) is 5.13 Å². The van der Waals surface area contributed by atoms with Gasteiger partial charge in [0.05, 0.1) is 17.3 Å².